The number of H-pyrrole nitrogens is 1. The molecule has 0 unspecified atom stereocenters. The van der Waals surface area contributed by atoms with Gasteiger partial charge in [0.1, 0.15) is 11.8 Å². The van der Waals surface area contributed by atoms with Gasteiger partial charge in [0.05, 0.1) is 18.7 Å². The molecule has 0 saturated heterocycles. The maximum atomic E-state index is 13.1. The Labute approximate surface area is 178 Å². The highest BCUT2D eigenvalue weighted by atomic mass is 35.5. The number of fused-ring (bicyclic) bond motifs is 1. The predicted octanol–water partition coefficient (Wildman–Crippen LogP) is 4.94. The minimum Gasteiger partial charge on any atom is -0.335 e. The number of amides is 1. The molecule has 0 spiro atoms. The van der Waals surface area contributed by atoms with Crippen LogP contribution in [-0.2, 0) is 17.6 Å². The van der Waals surface area contributed by atoms with Crippen molar-refractivity contribution in [2.24, 2.45) is 0 Å². The number of nitriles is 1. The third-order valence-corrected chi connectivity index (χ3v) is 6.19. The largest absolute Gasteiger partial charge is 0.335 e. The van der Waals surface area contributed by atoms with Gasteiger partial charge in [0, 0.05) is 22.2 Å². The number of benzene rings is 2. The number of hydrogen-bond donors (Lipinski definition) is 1. The second-order valence-electron chi connectivity index (χ2n) is 7.03. The van der Waals surface area contributed by atoms with Gasteiger partial charge >= 0.3 is 0 Å². The molecule has 0 saturated carbocycles. The fraction of sp³-hybridized carbons (Fsp3) is 0.227. The molecule has 7 heteroatoms. The Kier molecular flexibility index (Phi) is 5.31. The number of hydrogen-bond acceptors (Lipinski definition) is 3. The van der Waals surface area contributed by atoms with E-state index < -0.39 is 0 Å². The summed E-state index contributed by atoms with van der Waals surface area (Å²) in [6.45, 7) is 2.61. The second-order valence-corrected chi connectivity index (χ2v) is 7.85. The summed E-state index contributed by atoms with van der Waals surface area (Å²) in [6, 6.07) is 13.3. The van der Waals surface area contributed by atoms with Crippen molar-refractivity contribution in [3.05, 3.63) is 75.0 Å². The monoisotopic (exact) mass is 424 g/mol. The first-order valence-corrected chi connectivity index (χ1v) is 10.0. The quantitative estimate of drug-likeness (QED) is 0.646. The Morgan fingerprint density at radius 2 is 1.97 bits per heavy atom. The van der Waals surface area contributed by atoms with E-state index in [4.69, 9.17) is 23.2 Å². The highest BCUT2D eigenvalue weighted by Gasteiger charge is 2.30. The molecule has 146 valence electrons. The average molecular weight is 425 g/mol. The zero-order valence-corrected chi connectivity index (χ0v) is 17.3. The van der Waals surface area contributed by atoms with Gasteiger partial charge in [-0.25, -0.2) is 0 Å². The van der Waals surface area contributed by atoms with Crippen LogP contribution < -0.4 is 0 Å². The topological polar surface area (TPSA) is 72.8 Å². The van der Waals surface area contributed by atoms with E-state index in [1.807, 2.05) is 30.0 Å². The first-order chi connectivity index (χ1) is 14.0. The van der Waals surface area contributed by atoms with Gasteiger partial charge in [-0.2, -0.15) is 10.4 Å². The lowest BCUT2D eigenvalue weighted by atomic mass is 9.87. The second kappa shape index (κ2) is 7.90. The fourth-order valence-electron chi connectivity index (χ4n) is 3.99. The van der Waals surface area contributed by atoms with Crippen molar-refractivity contribution in [3.8, 4) is 17.2 Å². The predicted molar refractivity (Wildman–Crippen MR) is 113 cm³/mol. The number of aromatic nitrogens is 2. The van der Waals surface area contributed by atoms with E-state index in [1.165, 1.54) is 0 Å². The van der Waals surface area contributed by atoms with Crippen LogP contribution in [0.4, 0.5) is 0 Å². The molecule has 1 N–H and O–H groups in total. The first kappa shape index (κ1) is 19.5. The summed E-state index contributed by atoms with van der Waals surface area (Å²) >= 11 is 12.5. The summed E-state index contributed by atoms with van der Waals surface area (Å²) in [5.41, 5.74) is 5.11. The van der Waals surface area contributed by atoms with Crippen LogP contribution in [0.2, 0.25) is 10.0 Å². The van der Waals surface area contributed by atoms with Crippen LogP contribution in [0.25, 0.3) is 11.1 Å². The van der Waals surface area contributed by atoms with E-state index in [9.17, 15) is 10.1 Å². The van der Waals surface area contributed by atoms with Gasteiger partial charge in [-0.3, -0.25) is 9.89 Å². The van der Waals surface area contributed by atoms with E-state index in [1.54, 1.807) is 24.4 Å². The molecule has 2 aromatic carbocycles. The molecule has 5 nitrogen and oxygen atoms in total. The molecule has 1 aliphatic heterocycles. The number of rotatable bonds is 3. The Morgan fingerprint density at radius 3 is 2.69 bits per heavy atom. The lowest BCUT2D eigenvalue weighted by Gasteiger charge is -2.36. The van der Waals surface area contributed by atoms with Crippen molar-refractivity contribution in [1.29, 1.82) is 5.26 Å². The van der Waals surface area contributed by atoms with Gasteiger partial charge in [-0.15, -0.1) is 0 Å². The van der Waals surface area contributed by atoms with Gasteiger partial charge in [0.2, 0.25) is 5.91 Å². The van der Waals surface area contributed by atoms with Crippen molar-refractivity contribution in [2.75, 3.05) is 6.54 Å². The van der Waals surface area contributed by atoms with E-state index in [-0.39, 0.29) is 18.4 Å². The number of nitrogens with zero attached hydrogens (tertiary/aromatic N) is 3. The van der Waals surface area contributed by atoms with Crippen molar-refractivity contribution >= 4 is 29.1 Å². The molecule has 0 fully saturated rings. The van der Waals surface area contributed by atoms with Crippen LogP contribution in [0.15, 0.2) is 42.6 Å². The van der Waals surface area contributed by atoms with Crippen molar-refractivity contribution in [2.45, 2.75) is 25.8 Å². The van der Waals surface area contributed by atoms with Crippen LogP contribution in [0.5, 0.6) is 0 Å². The van der Waals surface area contributed by atoms with Crippen LogP contribution in [-0.4, -0.2) is 27.5 Å². The minimum atomic E-state index is -0.0927. The first-order valence-electron chi connectivity index (χ1n) is 9.29. The standard InChI is InChI=1S/C22H18Cl2N4O/c1-13-14-4-2-5-15(18-12-26-27-21(18)11-25)16(14)8-9-28(13)22(29)10-17-19(23)6-3-7-20(17)24/h2-7,12-13H,8-10H2,1H3,(H,26,27)/t13-/m0/s1. The molecule has 3 aromatic rings. The van der Waals surface area contributed by atoms with Crippen molar-refractivity contribution in [1.82, 2.24) is 15.1 Å². The molecule has 0 radical (unpaired) electrons. The average Bonchev–Trinajstić information content (AvgIpc) is 3.19. The zero-order chi connectivity index (χ0) is 20.5. The van der Waals surface area contributed by atoms with E-state index in [0.29, 0.717) is 34.3 Å². The normalized spacial score (nSPS) is 15.7. The maximum absolute atomic E-state index is 13.1. The zero-order valence-electron chi connectivity index (χ0n) is 15.7. The number of carbonyl (C=O) groups excluding carboxylic acids is 1. The number of halogens is 2. The summed E-state index contributed by atoms with van der Waals surface area (Å²) in [5.74, 6) is -0.00965. The highest BCUT2D eigenvalue weighted by Crippen LogP contribution is 2.37. The Bertz CT molecular complexity index is 1110. The maximum Gasteiger partial charge on any atom is 0.227 e. The van der Waals surface area contributed by atoms with Crippen molar-refractivity contribution < 1.29 is 4.79 Å². The van der Waals surface area contributed by atoms with E-state index in [0.717, 1.165) is 22.3 Å². The molecule has 1 amide bonds. The Balaban J connectivity index is 1.64. The Morgan fingerprint density at radius 1 is 1.24 bits per heavy atom. The van der Waals surface area contributed by atoms with Crippen LogP contribution in [0.3, 0.4) is 0 Å². The van der Waals surface area contributed by atoms with Gasteiger partial charge in [-0.1, -0.05) is 47.5 Å². The molecule has 1 atom stereocenters. The third kappa shape index (κ3) is 3.50. The number of nitrogens with one attached hydrogen (secondary N) is 1. The minimum absolute atomic E-state index is 0.00965. The van der Waals surface area contributed by atoms with E-state index >= 15 is 0 Å². The van der Waals surface area contributed by atoms with E-state index in [2.05, 4.69) is 16.3 Å². The molecule has 1 aliphatic rings. The summed E-state index contributed by atoms with van der Waals surface area (Å²) in [5, 5.41) is 17.1. The fourth-order valence-corrected chi connectivity index (χ4v) is 4.52. The van der Waals surface area contributed by atoms with Gasteiger partial charge in [0.25, 0.3) is 0 Å². The molecular weight excluding hydrogens is 407 g/mol. The molecule has 4 rings (SSSR count). The number of carbonyl (C=O) groups is 1. The SMILES string of the molecule is C[C@H]1c2cccc(-c3cn[nH]c3C#N)c2CCN1C(=O)Cc1c(Cl)cccc1Cl. The van der Waals surface area contributed by atoms with Gasteiger partial charge in [0.15, 0.2) is 0 Å². The van der Waals surface area contributed by atoms with Crippen molar-refractivity contribution in [3.63, 3.8) is 0 Å². The highest BCUT2D eigenvalue weighted by molar-refractivity contribution is 6.36. The Hall–Kier alpha value is -2.81. The summed E-state index contributed by atoms with van der Waals surface area (Å²) in [4.78, 5) is 14.9. The molecule has 0 bridgehead atoms. The molecule has 1 aromatic heterocycles. The van der Waals surface area contributed by atoms with Gasteiger partial charge in [-0.05, 0) is 47.7 Å². The third-order valence-electron chi connectivity index (χ3n) is 5.48. The number of aromatic amines is 1. The summed E-state index contributed by atoms with van der Waals surface area (Å²) in [6.07, 6.45) is 2.54. The molecule has 0 aliphatic carbocycles. The molecule has 29 heavy (non-hydrogen) atoms. The lowest BCUT2D eigenvalue weighted by Crippen LogP contribution is -2.40. The summed E-state index contributed by atoms with van der Waals surface area (Å²) < 4.78 is 0. The van der Waals surface area contributed by atoms with Crippen LogP contribution in [0, 0.1) is 11.3 Å². The summed E-state index contributed by atoms with van der Waals surface area (Å²) in [7, 11) is 0. The molecular formula is C22H18Cl2N4O. The lowest BCUT2D eigenvalue weighted by molar-refractivity contribution is -0.133. The van der Waals surface area contributed by atoms with Crippen LogP contribution >= 0.6 is 23.2 Å². The van der Waals surface area contributed by atoms with Crippen LogP contribution in [0.1, 0.15) is 35.3 Å². The molecule has 2 heterocycles. The smallest absolute Gasteiger partial charge is 0.227 e. The van der Waals surface area contributed by atoms with Gasteiger partial charge < -0.3 is 4.90 Å².